The Hall–Kier alpha value is -2.70. The molecule has 5 nitrogen and oxygen atoms in total. The van der Waals surface area contributed by atoms with E-state index in [1.165, 1.54) is 27.8 Å². The summed E-state index contributed by atoms with van der Waals surface area (Å²) < 4.78 is 3.53. The summed E-state index contributed by atoms with van der Waals surface area (Å²) in [6.45, 7) is 4.70. The van der Waals surface area contributed by atoms with E-state index in [4.69, 9.17) is 11.6 Å². The molecule has 3 aromatic heterocycles. The summed E-state index contributed by atoms with van der Waals surface area (Å²) in [7, 11) is 0. The molecule has 0 aliphatic heterocycles. The van der Waals surface area contributed by atoms with Gasteiger partial charge in [0.05, 0.1) is 18.3 Å². The number of nitrogens with zero attached hydrogens (tertiary/aromatic N) is 3. The van der Waals surface area contributed by atoms with Gasteiger partial charge in [-0.25, -0.2) is 4.98 Å². The van der Waals surface area contributed by atoms with Gasteiger partial charge in [0.2, 0.25) is 0 Å². The number of Topliss-reactive ketones (excluding diaryl/α,β-unsaturated/α-hetero) is 1. The highest BCUT2D eigenvalue weighted by Gasteiger charge is 2.17. The number of aryl methyl sites for hydroxylation is 2. The van der Waals surface area contributed by atoms with Crippen LogP contribution in [0.25, 0.3) is 10.2 Å². The van der Waals surface area contributed by atoms with Crippen LogP contribution in [0.2, 0.25) is 5.02 Å². The Bertz CT molecular complexity index is 1250. The van der Waals surface area contributed by atoms with Crippen molar-refractivity contribution in [3.05, 3.63) is 86.0 Å². The third kappa shape index (κ3) is 3.91. The first kappa shape index (κ1) is 19.6. The maximum absolute atomic E-state index is 12.9. The number of thiophene rings is 1. The molecule has 0 fully saturated rings. The second-order valence-corrected chi connectivity index (χ2v) is 8.38. The van der Waals surface area contributed by atoms with Crippen LogP contribution in [0.1, 0.15) is 27.3 Å². The van der Waals surface area contributed by atoms with Gasteiger partial charge in [0.1, 0.15) is 4.83 Å². The van der Waals surface area contributed by atoms with Gasteiger partial charge in [-0.05, 0) is 55.5 Å². The number of halogens is 1. The van der Waals surface area contributed by atoms with Crippen molar-refractivity contribution >= 4 is 38.9 Å². The first-order valence-corrected chi connectivity index (χ1v) is 10.6. The van der Waals surface area contributed by atoms with Gasteiger partial charge in [-0.2, -0.15) is 0 Å². The molecule has 0 bridgehead atoms. The summed E-state index contributed by atoms with van der Waals surface area (Å²) >= 11 is 7.37. The van der Waals surface area contributed by atoms with Gasteiger partial charge >= 0.3 is 0 Å². The molecule has 0 spiro atoms. The monoisotopic (exact) mass is 425 g/mol. The molecule has 1 aromatic carbocycles. The molecule has 4 rings (SSSR count). The van der Waals surface area contributed by atoms with Crippen molar-refractivity contribution in [1.29, 1.82) is 0 Å². The van der Waals surface area contributed by atoms with E-state index in [0.717, 1.165) is 29.4 Å². The molecule has 0 aliphatic carbocycles. The summed E-state index contributed by atoms with van der Waals surface area (Å²) in [6.07, 6.45) is 2.30. The first-order valence-electron chi connectivity index (χ1n) is 9.31. The Kier molecular flexibility index (Phi) is 5.39. The number of hydrogen-bond donors (Lipinski definition) is 0. The highest BCUT2D eigenvalue weighted by atomic mass is 35.5. The van der Waals surface area contributed by atoms with Gasteiger partial charge < -0.3 is 4.57 Å². The molecule has 0 aliphatic rings. The summed E-state index contributed by atoms with van der Waals surface area (Å²) in [5.74, 6) is -0.0886. The molecule has 0 unspecified atom stereocenters. The van der Waals surface area contributed by atoms with E-state index in [1.54, 1.807) is 6.07 Å². The zero-order chi connectivity index (χ0) is 20.5. The molecule has 3 heterocycles. The van der Waals surface area contributed by atoms with Crippen molar-refractivity contribution in [2.45, 2.75) is 33.4 Å². The lowest BCUT2D eigenvalue weighted by molar-refractivity contribution is 0.0970. The lowest BCUT2D eigenvalue weighted by atomic mass is 10.1. The number of benzene rings is 1. The normalized spacial score (nSPS) is 11.3. The Labute approximate surface area is 177 Å². The third-order valence-electron chi connectivity index (χ3n) is 5.18. The number of aromatic nitrogens is 3. The highest BCUT2D eigenvalue weighted by Crippen LogP contribution is 2.19. The van der Waals surface area contributed by atoms with Crippen LogP contribution in [0, 0.1) is 13.8 Å². The average molecular weight is 426 g/mol. The maximum atomic E-state index is 12.9. The second-order valence-electron chi connectivity index (χ2n) is 7.05. The van der Waals surface area contributed by atoms with Gasteiger partial charge in [0, 0.05) is 28.5 Å². The molecule has 0 saturated heterocycles. The summed E-state index contributed by atoms with van der Waals surface area (Å²) in [6, 6.07) is 11.5. The van der Waals surface area contributed by atoms with Crippen LogP contribution in [0.3, 0.4) is 0 Å². The van der Waals surface area contributed by atoms with E-state index in [0.29, 0.717) is 15.8 Å². The predicted molar refractivity (Wildman–Crippen MR) is 117 cm³/mol. The van der Waals surface area contributed by atoms with E-state index in [9.17, 15) is 9.59 Å². The smallest absolute Gasteiger partial charge is 0.262 e. The molecule has 148 valence electrons. The fourth-order valence-corrected chi connectivity index (χ4v) is 4.41. The van der Waals surface area contributed by atoms with E-state index in [1.807, 2.05) is 49.6 Å². The van der Waals surface area contributed by atoms with Crippen molar-refractivity contribution in [3.63, 3.8) is 0 Å². The summed E-state index contributed by atoms with van der Waals surface area (Å²) in [5, 5.41) is 3.11. The van der Waals surface area contributed by atoms with Crippen molar-refractivity contribution in [1.82, 2.24) is 14.1 Å². The SMILES string of the molecule is Cc1cc(C(=O)Cn2cnc3sccc3c2=O)c(C)n1CCc1ccc(Cl)cc1. The van der Waals surface area contributed by atoms with Crippen LogP contribution in [0.4, 0.5) is 0 Å². The minimum Gasteiger partial charge on any atom is -0.348 e. The molecule has 0 atom stereocenters. The molecule has 0 amide bonds. The topological polar surface area (TPSA) is 56.9 Å². The molecule has 29 heavy (non-hydrogen) atoms. The first-order chi connectivity index (χ1) is 13.9. The largest absolute Gasteiger partial charge is 0.348 e. The Balaban J connectivity index is 1.54. The fourth-order valence-electron chi connectivity index (χ4n) is 3.57. The standard InChI is InChI=1S/C22H20ClN3O2S/c1-14-11-19(15(2)26(14)9-7-16-3-5-17(23)6-4-16)20(27)12-25-13-24-21-18(22(25)28)8-10-29-21/h3-6,8,10-11,13H,7,9,12H2,1-2H3. The Morgan fingerprint density at radius 2 is 1.93 bits per heavy atom. The molecule has 0 saturated carbocycles. The third-order valence-corrected chi connectivity index (χ3v) is 6.25. The lowest BCUT2D eigenvalue weighted by Gasteiger charge is -2.10. The molecule has 0 radical (unpaired) electrons. The number of hydrogen-bond acceptors (Lipinski definition) is 4. The van der Waals surface area contributed by atoms with Gasteiger partial charge in [-0.15, -0.1) is 11.3 Å². The lowest BCUT2D eigenvalue weighted by Crippen LogP contribution is -2.24. The predicted octanol–water partition coefficient (Wildman–Crippen LogP) is 4.66. The number of carbonyl (C=O) groups excluding carboxylic acids is 1. The molecular weight excluding hydrogens is 406 g/mol. The minimum absolute atomic E-state index is 0.0148. The van der Waals surface area contributed by atoms with Crippen LogP contribution >= 0.6 is 22.9 Å². The molecule has 4 aromatic rings. The quantitative estimate of drug-likeness (QED) is 0.422. The number of rotatable bonds is 6. The van der Waals surface area contributed by atoms with Crippen molar-refractivity contribution < 1.29 is 4.79 Å². The van der Waals surface area contributed by atoms with Crippen LogP contribution in [-0.2, 0) is 19.5 Å². The zero-order valence-corrected chi connectivity index (χ0v) is 17.8. The number of ketones is 1. The fraction of sp³-hybridized carbons (Fsp3) is 0.227. The molecule has 0 N–H and O–H groups in total. The van der Waals surface area contributed by atoms with Crippen molar-refractivity contribution in [3.8, 4) is 0 Å². The van der Waals surface area contributed by atoms with Crippen LogP contribution in [0.5, 0.6) is 0 Å². The zero-order valence-electron chi connectivity index (χ0n) is 16.2. The average Bonchev–Trinajstić information content (AvgIpc) is 3.29. The number of carbonyl (C=O) groups is 1. The van der Waals surface area contributed by atoms with E-state index in [-0.39, 0.29) is 17.9 Å². The highest BCUT2D eigenvalue weighted by molar-refractivity contribution is 7.16. The van der Waals surface area contributed by atoms with Gasteiger partial charge in [-0.3, -0.25) is 14.2 Å². The minimum atomic E-state index is -0.179. The molecular formula is C22H20ClN3O2S. The Morgan fingerprint density at radius 3 is 2.69 bits per heavy atom. The van der Waals surface area contributed by atoms with Gasteiger partial charge in [0.15, 0.2) is 5.78 Å². The van der Waals surface area contributed by atoms with Crippen LogP contribution < -0.4 is 5.56 Å². The van der Waals surface area contributed by atoms with Crippen molar-refractivity contribution in [2.24, 2.45) is 0 Å². The van der Waals surface area contributed by atoms with Crippen LogP contribution in [-0.4, -0.2) is 19.9 Å². The molecule has 7 heteroatoms. The van der Waals surface area contributed by atoms with Crippen LogP contribution in [0.15, 0.2) is 52.9 Å². The summed E-state index contributed by atoms with van der Waals surface area (Å²) in [5.41, 5.74) is 3.60. The van der Waals surface area contributed by atoms with E-state index >= 15 is 0 Å². The summed E-state index contributed by atoms with van der Waals surface area (Å²) in [4.78, 5) is 30.5. The Morgan fingerprint density at radius 1 is 1.17 bits per heavy atom. The number of fused-ring (bicyclic) bond motifs is 1. The van der Waals surface area contributed by atoms with Gasteiger partial charge in [0.25, 0.3) is 5.56 Å². The maximum Gasteiger partial charge on any atom is 0.262 e. The van der Waals surface area contributed by atoms with Crippen molar-refractivity contribution in [2.75, 3.05) is 0 Å². The van der Waals surface area contributed by atoms with Gasteiger partial charge in [-0.1, -0.05) is 23.7 Å². The van der Waals surface area contributed by atoms with E-state index < -0.39 is 0 Å². The van der Waals surface area contributed by atoms with E-state index in [2.05, 4.69) is 9.55 Å². The second kappa shape index (κ2) is 7.97.